The first-order chi connectivity index (χ1) is 10.6. The van der Waals surface area contributed by atoms with Gasteiger partial charge in [0, 0.05) is 12.7 Å². The molecule has 1 N–H and O–H groups in total. The molecule has 1 fully saturated rings. The minimum atomic E-state index is -0.647. The minimum Gasteiger partial charge on any atom is -0.479 e. The van der Waals surface area contributed by atoms with Gasteiger partial charge in [0.15, 0.2) is 6.10 Å². The molecule has 2 aromatic rings. The molecule has 1 atom stereocenters. The van der Waals surface area contributed by atoms with Crippen LogP contribution in [0.4, 0.5) is 5.69 Å². The summed E-state index contributed by atoms with van der Waals surface area (Å²) in [4.78, 5) is 12.2. The Kier molecular flexibility index (Phi) is 4.34. The molecule has 1 saturated carbocycles. The third-order valence-electron chi connectivity index (χ3n) is 3.55. The van der Waals surface area contributed by atoms with Gasteiger partial charge < -0.3 is 10.1 Å². The third kappa shape index (κ3) is 3.80. The number of halogens is 1. The van der Waals surface area contributed by atoms with Gasteiger partial charge in [-0.25, -0.2) is 0 Å². The lowest BCUT2D eigenvalue weighted by molar-refractivity contribution is -0.122. The average Bonchev–Trinajstić information content (AvgIpc) is 3.20. The number of amides is 1. The molecule has 0 aliphatic heterocycles. The van der Waals surface area contributed by atoms with E-state index in [4.69, 9.17) is 16.3 Å². The van der Waals surface area contributed by atoms with Crippen molar-refractivity contribution in [1.29, 1.82) is 0 Å². The Morgan fingerprint density at radius 1 is 1.50 bits per heavy atom. The molecule has 0 radical (unpaired) electrons. The van der Waals surface area contributed by atoms with Gasteiger partial charge in [-0.05, 0) is 37.8 Å². The van der Waals surface area contributed by atoms with E-state index in [1.807, 2.05) is 23.0 Å². The van der Waals surface area contributed by atoms with E-state index in [0.29, 0.717) is 16.5 Å². The largest absolute Gasteiger partial charge is 0.479 e. The molecule has 116 valence electrons. The van der Waals surface area contributed by atoms with Gasteiger partial charge in [0.05, 0.1) is 16.9 Å². The van der Waals surface area contributed by atoms with Gasteiger partial charge in [-0.2, -0.15) is 5.10 Å². The monoisotopic (exact) mass is 319 g/mol. The molecule has 1 heterocycles. The highest BCUT2D eigenvalue weighted by Crippen LogP contribution is 2.30. The van der Waals surface area contributed by atoms with E-state index in [-0.39, 0.29) is 5.91 Å². The highest BCUT2D eigenvalue weighted by molar-refractivity contribution is 6.32. The van der Waals surface area contributed by atoms with Crippen molar-refractivity contribution < 1.29 is 9.53 Å². The summed E-state index contributed by atoms with van der Waals surface area (Å²) in [7, 11) is 0. The van der Waals surface area contributed by atoms with Crippen molar-refractivity contribution in [3.63, 3.8) is 0 Å². The van der Waals surface area contributed by atoms with Crippen LogP contribution in [0.15, 0.2) is 36.7 Å². The predicted octanol–water partition coefficient (Wildman–Crippen LogP) is 3.35. The average molecular weight is 320 g/mol. The van der Waals surface area contributed by atoms with E-state index in [9.17, 15) is 4.79 Å². The van der Waals surface area contributed by atoms with Crippen molar-refractivity contribution in [2.24, 2.45) is 5.92 Å². The Bertz CT molecular complexity index is 667. The van der Waals surface area contributed by atoms with E-state index in [0.717, 1.165) is 12.5 Å². The van der Waals surface area contributed by atoms with Crippen molar-refractivity contribution in [2.45, 2.75) is 32.4 Å². The van der Waals surface area contributed by atoms with Crippen molar-refractivity contribution in [3.8, 4) is 5.75 Å². The number of nitrogens with one attached hydrogen (secondary N) is 1. The fraction of sp³-hybridized carbons (Fsp3) is 0.375. The smallest absolute Gasteiger partial charge is 0.265 e. The summed E-state index contributed by atoms with van der Waals surface area (Å²) in [6.07, 6.45) is 5.39. The van der Waals surface area contributed by atoms with Crippen molar-refractivity contribution in [3.05, 3.63) is 41.7 Å². The van der Waals surface area contributed by atoms with Gasteiger partial charge >= 0.3 is 0 Å². The predicted molar refractivity (Wildman–Crippen MR) is 85.1 cm³/mol. The zero-order chi connectivity index (χ0) is 15.5. The number of rotatable bonds is 6. The van der Waals surface area contributed by atoms with Crippen LogP contribution in [-0.2, 0) is 11.3 Å². The lowest BCUT2D eigenvalue weighted by Gasteiger charge is -2.14. The van der Waals surface area contributed by atoms with Crippen LogP contribution in [0, 0.1) is 5.92 Å². The SMILES string of the molecule is CC(Oc1ccccc1Cl)C(=O)Nc1cnn(CC2CC2)c1. The summed E-state index contributed by atoms with van der Waals surface area (Å²) in [6, 6.07) is 7.09. The summed E-state index contributed by atoms with van der Waals surface area (Å²) in [5, 5.41) is 7.54. The molecule has 1 unspecified atom stereocenters. The number of aromatic nitrogens is 2. The number of carbonyl (C=O) groups is 1. The molecule has 1 aliphatic carbocycles. The number of para-hydroxylation sites is 1. The zero-order valence-corrected chi connectivity index (χ0v) is 13.1. The minimum absolute atomic E-state index is 0.231. The maximum atomic E-state index is 12.2. The van der Waals surface area contributed by atoms with Gasteiger partial charge in [0.2, 0.25) is 0 Å². The van der Waals surface area contributed by atoms with Crippen LogP contribution in [0.3, 0.4) is 0 Å². The normalized spacial score (nSPS) is 15.4. The summed E-state index contributed by atoms with van der Waals surface area (Å²) in [5.41, 5.74) is 0.681. The second-order valence-corrected chi connectivity index (χ2v) is 5.98. The Morgan fingerprint density at radius 2 is 2.27 bits per heavy atom. The Balaban J connectivity index is 1.56. The first kappa shape index (κ1) is 14.9. The summed E-state index contributed by atoms with van der Waals surface area (Å²) < 4.78 is 7.46. The molecule has 22 heavy (non-hydrogen) atoms. The topological polar surface area (TPSA) is 56.1 Å². The molecule has 0 bridgehead atoms. The summed E-state index contributed by atoms with van der Waals surface area (Å²) in [5.74, 6) is 1.01. The van der Waals surface area contributed by atoms with Gasteiger partial charge in [0.25, 0.3) is 5.91 Å². The van der Waals surface area contributed by atoms with E-state index < -0.39 is 6.10 Å². The fourth-order valence-corrected chi connectivity index (χ4v) is 2.30. The van der Waals surface area contributed by atoms with Crippen LogP contribution in [0.2, 0.25) is 5.02 Å². The third-order valence-corrected chi connectivity index (χ3v) is 3.86. The van der Waals surface area contributed by atoms with Crippen LogP contribution >= 0.6 is 11.6 Å². The molecule has 5 nitrogen and oxygen atoms in total. The van der Waals surface area contributed by atoms with E-state index in [1.54, 1.807) is 25.3 Å². The number of hydrogen-bond donors (Lipinski definition) is 1. The second kappa shape index (κ2) is 6.40. The maximum Gasteiger partial charge on any atom is 0.265 e. The Morgan fingerprint density at radius 3 is 3.00 bits per heavy atom. The molecule has 6 heteroatoms. The fourth-order valence-electron chi connectivity index (χ4n) is 2.12. The van der Waals surface area contributed by atoms with E-state index in [2.05, 4.69) is 10.4 Å². The Labute approximate surface area is 134 Å². The number of ether oxygens (including phenoxy) is 1. The molecule has 1 aromatic heterocycles. The van der Waals surface area contributed by atoms with E-state index in [1.165, 1.54) is 12.8 Å². The van der Waals surface area contributed by atoms with Crippen LogP contribution in [0.25, 0.3) is 0 Å². The first-order valence-corrected chi connectivity index (χ1v) is 7.74. The van der Waals surface area contributed by atoms with Gasteiger partial charge in [-0.3, -0.25) is 9.48 Å². The molecule has 0 spiro atoms. The van der Waals surface area contributed by atoms with Crippen LogP contribution in [0.5, 0.6) is 5.75 Å². The van der Waals surface area contributed by atoms with Gasteiger partial charge in [0.1, 0.15) is 5.75 Å². The number of anilines is 1. The van der Waals surface area contributed by atoms with E-state index >= 15 is 0 Å². The Hall–Kier alpha value is -2.01. The summed E-state index contributed by atoms with van der Waals surface area (Å²) >= 11 is 6.02. The first-order valence-electron chi connectivity index (χ1n) is 7.36. The molecule has 1 aromatic carbocycles. The highest BCUT2D eigenvalue weighted by Gasteiger charge is 2.22. The van der Waals surface area contributed by atoms with Crippen molar-refractivity contribution in [2.75, 3.05) is 5.32 Å². The van der Waals surface area contributed by atoms with Crippen LogP contribution in [-0.4, -0.2) is 21.8 Å². The molecule has 1 aliphatic rings. The number of carbonyl (C=O) groups excluding carboxylic acids is 1. The highest BCUT2D eigenvalue weighted by atomic mass is 35.5. The molecule has 3 rings (SSSR count). The van der Waals surface area contributed by atoms with Crippen molar-refractivity contribution >= 4 is 23.2 Å². The molecule has 1 amide bonds. The maximum absolute atomic E-state index is 12.2. The second-order valence-electron chi connectivity index (χ2n) is 5.57. The zero-order valence-electron chi connectivity index (χ0n) is 12.3. The quantitative estimate of drug-likeness (QED) is 0.888. The number of benzene rings is 1. The van der Waals surface area contributed by atoms with Crippen molar-refractivity contribution in [1.82, 2.24) is 9.78 Å². The van der Waals surface area contributed by atoms with Crippen LogP contribution in [0.1, 0.15) is 19.8 Å². The molecule has 0 saturated heterocycles. The standard InChI is InChI=1S/C16H18ClN3O2/c1-11(22-15-5-3-2-4-14(15)17)16(21)19-13-8-18-20(10-13)9-12-6-7-12/h2-5,8,10-12H,6-7,9H2,1H3,(H,19,21). The molecular weight excluding hydrogens is 302 g/mol. The van der Waals surface area contributed by atoms with Crippen LogP contribution < -0.4 is 10.1 Å². The lowest BCUT2D eigenvalue weighted by Crippen LogP contribution is -2.30. The summed E-state index contributed by atoms with van der Waals surface area (Å²) in [6.45, 7) is 2.61. The molecular formula is C16H18ClN3O2. The number of hydrogen-bond acceptors (Lipinski definition) is 3. The lowest BCUT2D eigenvalue weighted by atomic mass is 10.3. The van der Waals surface area contributed by atoms with Gasteiger partial charge in [-0.15, -0.1) is 0 Å². The van der Waals surface area contributed by atoms with Gasteiger partial charge in [-0.1, -0.05) is 23.7 Å². The number of nitrogens with zero attached hydrogens (tertiary/aromatic N) is 2.